The molecule has 1 rings (SSSR count). The van der Waals surface area contributed by atoms with E-state index in [1.165, 1.54) is 0 Å². The molecule has 18 heavy (non-hydrogen) atoms. The van der Waals surface area contributed by atoms with Crippen molar-refractivity contribution in [1.82, 2.24) is 5.32 Å². The summed E-state index contributed by atoms with van der Waals surface area (Å²) in [4.78, 5) is 0. The van der Waals surface area contributed by atoms with Crippen molar-refractivity contribution in [1.29, 1.82) is 0 Å². The van der Waals surface area contributed by atoms with Gasteiger partial charge in [-0.1, -0.05) is 22.9 Å². The minimum Gasteiger partial charge on any atom is -0.318 e. The van der Waals surface area contributed by atoms with Gasteiger partial charge in [0.05, 0.1) is 10.9 Å². The van der Waals surface area contributed by atoms with Gasteiger partial charge in [0.2, 0.25) is 10.0 Å². The third-order valence-corrected chi connectivity index (χ3v) is 4.95. The molecule has 0 bridgehead atoms. The van der Waals surface area contributed by atoms with Crippen LogP contribution in [0.1, 0.15) is 19.4 Å². The van der Waals surface area contributed by atoms with Crippen LogP contribution in [-0.4, -0.2) is 27.3 Å². The van der Waals surface area contributed by atoms with Crippen LogP contribution >= 0.6 is 15.9 Å². The van der Waals surface area contributed by atoms with E-state index in [4.69, 9.17) is 0 Å². The molecule has 1 aromatic carbocycles. The molecule has 0 radical (unpaired) electrons. The summed E-state index contributed by atoms with van der Waals surface area (Å²) in [6.45, 7) is 4.10. The second-order valence-electron chi connectivity index (χ2n) is 4.17. The Balaban J connectivity index is 2.97. The first-order valence-electron chi connectivity index (χ1n) is 5.85. The lowest BCUT2D eigenvalue weighted by atomic mass is 10.1. The first-order chi connectivity index (χ1) is 8.40. The molecular formula is C12H19BrN2O2S. The van der Waals surface area contributed by atoms with E-state index in [0.717, 1.165) is 16.5 Å². The lowest BCUT2D eigenvalue weighted by Gasteiger charge is -2.16. The van der Waals surface area contributed by atoms with E-state index in [1.54, 1.807) is 20.0 Å². The van der Waals surface area contributed by atoms with E-state index in [2.05, 4.69) is 26.0 Å². The minimum absolute atomic E-state index is 0.424. The number of halogens is 1. The molecule has 1 unspecified atom stereocenters. The van der Waals surface area contributed by atoms with E-state index in [-0.39, 0.29) is 0 Å². The van der Waals surface area contributed by atoms with E-state index in [1.807, 2.05) is 19.1 Å². The average Bonchev–Trinajstić information content (AvgIpc) is 2.31. The molecule has 6 heteroatoms. The van der Waals surface area contributed by atoms with Crippen molar-refractivity contribution in [3.63, 3.8) is 0 Å². The quantitative estimate of drug-likeness (QED) is 0.839. The van der Waals surface area contributed by atoms with Gasteiger partial charge in [-0.2, -0.15) is 0 Å². The third kappa shape index (κ3) is 3.96. The van der Waals surface area contributed by atoms with E-state index >= 15 is 0 Å². The van der Waals surface area contributed by atoms with Crippen molar-refractivity contribution in [2.24, 2.45) is 0 Å². The normalized spacial score (nSPS) is 13.3. The summed E-state index contributed by atoms with van der Waals surface area (Å²) in [5, 5.41) is 2.39. The second-order valence-corrected chi connectivity index (χ2v) is 7.18. The van der Waals surface area contributed by atoms with Crippen molar-refractivity contribution < 1.29 is 8.42 Å². The number of sulfonamides is 1. The van der Waals surface area contributed by atoms with Gasteiger partial charge in [-0.15, -0.1) is 0 Å². The highest BCUT2D eigenvalue weighted by molar-refractivity contribution is 9.10. The fraction of sp³-hybridized carbons (Fsp3) is 0.500. The monoisotopic (exact) mass is 334 g/mol. The van der Waals surface area contributed by atoms with Crippen LogP contribution in [0.3, 0.4) is 0 Å². The summed E-state index contributed by atoms with van der Waals surface area (Å²) >= 11 is 3.38. The molecule has 0 fully saturated rings. The van der Waals surface area contributed by atoms with E-state index < -0.39 is 15.3 Å². The number of nitrogens with one attached hydrogen (secondary N) is 2. The number of aryl methyl sites for hydroxylation is 1. The van der Waals surface area contributed by atoms with E-state index in [9.17, 15) is 8.42 Å². The van der Waals surface area contributed by atoms with Gasteiger partial charge in [0, 0.05) is 11.0 Å². The summed E-state index contributed by atoms with van der Waals surface area (Å²) in [6.07, 6.45) is 0.775. The third-order valence-electron chi connectivity index (χ3n) is 2.72. The Morgan fingerprint density at radius 1 is 1.39 bits per heavy atom. The summed E-state index contributed by atoms with van der Waals surface area (Å²) in [5.74, 6) is 0. The molecule has 0 aromatic heterocycles. The van der Waals surface area contributed by atoms with Crippen molar-refractivity contribution >= 4 is 31.6 Å². The highest BCUT2D eigenvalue weighted by Crippen LogP contribution is 2.23. The minimum atomic E-state index is -3.35. The van der Waals surface area contributed by atoms with Crippen LogP contribution in [0.2, 0.25) is 0 Å². The standard InChI is InChI=1S/C12H19BrN2O2S/c1-4-10-7-11(13)5-6-12(10)15-18(16,17)9(2)8-14-3/h5-7,9,14-15H,4,8H2,1-3H3. The van der Waals surface area contributed by atoms with Crippen molar-refractivity contribution in [3.8, 4) is 0 Å². The number of rotatable bonds is 6. The summed E-state index contributed by atoms with van der Waals surface area (Å²) in [7, 11) is -1.61. The highest BCUT2D eigenvalue weighted by atomic mass is 79.9. The van der Waals surface area contributed by atoms with Crippen molar-refractivity contribution in [2.75, 3.05) is 18.3 Å². The number of benzene rings is 1. The van der Waals surface area contributed by atoms with Crippen LogP contribution in [0.25, 0.3) is 0 Å². The lowest BCUT2D eigenvalue weighted by molar-refractivity contribution is 0.583. The van der Waals surface area contributed by atoms with Gasteiger partial charge >= 0.3 is 0 Å². The Labute approximate surface area is 117 Å². The zero-order valence-corrected chi connectivity index (χ0v) is 13.2. The van der Waals surface area contributed by atoms with Crippen molar-refractivity contribution in [2.45, 2.75) is 25.5 Å². The molecule has 0 saturated carbocycles. The highest BCUT2D eigenvalue weighted by Gasteiger charge is 2.20. The Kier molecular flexibility index (Phi) is 5.62. The summed E-state index contributed by atoms with van der Waals surface area (Å²) < 4.78 is 27.8. The van der Waals surface area contributed by atoms with Crippen LogP contribution in [0.5, 0.6) is 0 Å². The largest absolute Gasteiger partial charge is 0.318 e. The second kappa shape index (κ2) is 6.54. The van der Waals surface area contributed by atoms with Gasteiger partial charge in [0.15, 0.2) is 0 Å². The van der Waals surface area contributed by atoms with E-state index in [0.29, 0.717) is 12.2 Å². The van der Waals surface area contributed by atoms with Gasteiger partial charge in [-0.25, -0.2) is 8.42 Å². The molecule has 0 aliphatic rings. The average molecular weight is 335 g/mol. The maximum atomic E-state index is 12.1. The fourth-order valence-electron chi connectivity index (χ4n) is 1.61. The Morgan fingerprint density at radius 2 is 2.06 bits per heavy atom. The van der Waals surface area contributed by atoms with Crippen LogP contribution in [0.15, 0.2) is 22.7 Å². The zero-order chi connectivity index (χ0) is 13.8. The number of hydrogen-bond acceptors (Lipinski definition) is 3. The molecule has 2 N–H and O–H groups in total. The fourth-order valence-corrected chi connectivity index (χ4v) is 3.11. The lowest BCUT2D eigenvalue weighted by Crippen LogP contribution is -2.33. The van der Waals surface area contributed by atoms with Crippen molar-refractivity contribution in [3.05, 3.63) is 28.2 Å². The smallest absolute Gasteiger partial charge is 0.236 e. The Bertz CT molecular complexity index is 503. The molecule has 0 saturated heterocycles. The predicted molar refractivity (Wildman–Crippen MR) is 79.5 cm³/mol. The van der Waals surface area contributed by atoms with Gasteiger partial charge in [0.1, 0.15) is 0 Å². The molecule has 0 aliphatic carbocycles. The summed E-state index contributed by atoms with van der Waals surface area (Å²) in [6, 6.07) is 5.55. The first-order valence-corrected chi connectivity index (χ1v) is 8.19. The molecule has 0 amide bonds. The first kappa shape index (κ1) is 15.5. The zero-order valence-electron chi connectivity index (χ0n) is 10.8. The van der Waals surface area contributed by atoms with Gasteiger partial charge in [-0.05, 0) is 44.2 Å². The van der Waals surface area contributed by atoms with Crippen LogP contribution < -0.4 is 10.0 Å². The van der Waals surface area contributed by atoms with Crippen LogP contribution in [0, 0.1) is 0 Å². The Morgan fingerprint density at radius 3 is 2.61 bits per heavy atom. The molecule has 0 heterocycles. The molecule has 1 aromatic rings. The van der Waals surface area contributed by atoms with Gasteiger partial charge in [0.25, 0.3) is 0 Å². The van der Waals surface area contributed by atoms with Gasteiger partial charge < -0.3 is 5.32 Å². The van der Waals surface area contributed by atoms with Gasteiger partial charge in [-0.3, -0.25) is 4.72 Å². The molecular weight excluding hydrogens is 316 g/mol. The summed E-state index contributed by atoms with van der Waals surface area (Å²) in [5.41, 5.74) is 1.63. The molecule has 0 spiro atoms. The Hall–Kier alpha value is -0.590. The van der Waals surface area contributed by atoms with Crippen LogP contribution in [-0.2, 0) is 16.4 Å². The molecule has 4 nitrogen and oxygen atoms in total. The topological polar surface area (TPSA) is 58.2 Å². The SMILES string of the molecule is CCc1cc(Br)ccc1NS(=O)(=O)C(C)CNC. The molecule has 102 valence electrons. The molecule has 1 atom stereocenters. The maximum Gasteiger partial charge on any atom is 0.236 e. The number of anilines is 1. The molecule has 0 aliphatic heterocycles. The maximum absolute atomic E-state index is 12.1. The van der Waals surface area contributed by atoms with Crippen LogP contribution in [0.4, 0.5) is 5.69 Å². The predicted octanol–water partition coefficient (Wildman–Crippen LogP) is 2.36. The number of hydrogen-bond donors (Lipinski definition) is 2.